The molecule has 1 amide bonds. The molecule has 2 aliphatic heterocycles. The van der Waals surface area contributed by atoms with Crippen molar-refractivity contribution in [1.82, 2.24) is 20.2 Å². The van der Waals surface area contributed by atoms with Gasteiger partial charge in [-0.1, -0.05) is 0 Å². The van der Waals surface area contributed by atoms with Gasteiger partial charge in [-0.25, -0.2) is 4.98 Å². The second-order valence-electron chi connectivity index (χ2n) is 6.06. The Morgan fingerprint density at radius 2 is 2.20 bits per heavy atom. The second-order valence-corrected chi connectivity index (χ2v) is 6.06. The highest BCUT2D eigenvalue weighted by molar-refractivity contribution is 5.76. The lowest BCUT2D eigenvalue weighted by atomic mass is 9.93. The zero-order valence-corrected chi connectivity index (χ0v) is 12.0. The van der Waals surface area contributed by atoms with Crippen LogP contribution in [0.5, 0.6) is 0 Å². The number of imidazole rings is 1. The topological polar surface area (TPSA) is 61.0 Å². The molecule has 0 bridgehead atoms. The fourth-order valence-electron chi connectivity index (χ4n) is 3.38. The van der Waals surface area contributed by atoms with Gasteiger partial charge in [0.05, 0.1) is 6.33 Å². The molecule has 2 N–H and O–H groups in total. The van der Waals surface area contributed by atoms with E-state index in [0.717, 1.165) is 51.9 Å². The first-order valence-electron chi connectivity index (χ1n) is 7.79. The Balaban J connectivity index is 1.42. The van der Waals surface area contributed by atoms with Crippen molar-refractivity contribution < 1.29 is 4.79 Å². The fraction of sp³-hybridized carbons (Fsp3) is 0.733. The van der Waals surface area contributed by atoms with Crippen molar-refractivity contribution in [1.29, 1.82) is 0 Å². The van der Waals surface area contributed by atoms with E-state index >= 15 is 0 Å². The molecule has 2 fully saturated rings. The second kappa shape index (κ2) is 6.39. The number of H-pyrrole nitrogens is 1. The minimum absolute atomic E-state index is 0.347. The van der Waals surface area contributed by atoms with Crippen LogP contribution in [-0.2, 0) is 4.79 Å². The number of nitrogens with zero attached hydrogens (tertiary/aromatic N) is 2. The summed E-state index contributed by atoms with van der Waals surface area (Å²) in [6, 6.07) is 0. The molecule has 0 aliphatic carbocycles. The Labute approximate surface area is 120 Å². The normalized spacial score (nSPS) is 24.2. The van der Waals surface area contributed by atoms with Gasteiger partial charge >= 0.3 is 0 Å². The van der Waals surface area contributed by atoms with Crippen LogP contribution in [0.3, 0.4) is 0 Å². The van der Waals surface area contributed by atoms with Crippen molar-refractivity contribution in [3.8, 4) is 0 Å². The number of nitrogens with one attached hydrogen (secondary N) is 2. The van der Waals surface area contributed by atoms with Gasteiger partial charge in [0.25, 0.3) is 0 Å². The van der Waals surface area contributed by atoms with E-state index in [4.69, 9.17) is 0 Å². The van der Waals surface area contributed by atoms with Gasteiger partial charge in [-0.2, -0.15) is 0 Å². The van der Waals surface area contributed by atoms with Gasteiger partial charge in [-0.15, -0.1) is 0 Å². The van der Waals surface area contributed by atoms with Gasteiger partial charge in [-0.3, -0.25) is 4.79 Å². The lowest BCUT2D eigenvalue weighted by Crippen LogP contribution is -2.38. The van der Waals surface area contributed by atoms with E-state index in [-0.39, 0.29) is 0 Å². The number of aromatic nitrogens is 2. The van der Waals surface area contributed by atoms with E-state index in [1.54, 1.807) is 6.33 Å². The zero-order chi connectivity index (χ0) is 13.8. The third-order valence-electron chi connectivity index (χ3n) is 4.74. The Hall–Kier alpha value is -1.36. The minimum atomic E-state index is 0.347. The van der Waals surface area contributed by atoms with E-state index in [9.17, 15) is 4.79 Å². The van der Waals surface area contributed by atoms with E-state index in [1.807, 2.05) is 6.20 Å². The van der Waals surface area contributed by atoms with Crippen LogP contribution in [-0.4, -0.2) is 47.0 Å². The Morgan fingerprint density at radius 3 is 2.85 bits per heavy atom. The number of hydrogen-bond donors (Lipinski definition) is 2. The standard InChI is InChI=1S/C15H24N4O/c20-15(2-1-12-3-6-16-9-12)19-7-4-13(5-8-19)14-10-17-11-18-14/h10-13,16H,1-9H2,(H,17,18). The van der Waals surface area contributed by atoms with E-state index < -0.39 is 0 Å². The van der Waals surface area contributed by atoms with Gasteiger partial charge in [0, 0.05) is 37.3 Å². The van der Waals surface area contributed by atoms with Gasteiger partial charge in [0.1, 0.15) is 0 Å². The third-order valence-corrected chi connectivity index (χ3v) is 4.74. The van der Waals surface area contributed by atoms with Gasteiger partial charge in [0.15, 0.2) is 0 Å². The van der Waals surface area contributed by atoms with Crippen molar-refractivity contribution in [2.45, 2.75) is 38.0 Å². The van der Waals surface area contributed by atoms with Crippen LogP contribution >= 0.6 is 0 Å². The maximum Gasteiger partial charge on any atom is 0.222 e. The summed E-state index contributed by atoms with van der Waals surface area (Å²) in [6.45, 7) is 4.00. The molecule has 1 atom stereocenters. The molecule has 1 aromatic heterocycles. The average Bonchev–Trinajstić information content (AvgIpc) is 3.18. The molecule has 2 saturated heterocycles. The van der Waals surface area contributed by atoms with Crippen molar-refractivity contribution in [3.05, 3.63) is 18.2 Å². The van der Waals surface area contributed by atoms with Crippen molar-refractivity contribution >= 4 is 5.91 Å². The minimum Gasteiger partial charge on any atom is -0.348 e. The van der Waals surface area contributed by atoms with Gasteiger partial charge in [-0.05, 0) is 44.7 Å². The molecule has 1 aromatic rings. The summed E-state index contributed by atoms with van der Waals surface area (Å²) in [7, 11) is 0. The number of aromatic amines is 1. The monoisotopic (exact) mass is 276 g/mol. The number of carbonyl (C=O) groups is 1. The molecule has 3 rings (SSSR count). The molecule has 2 aliphatic rings. The van der Waals surface area contributed by atoms with E-state index in [1.165, 1.54) is 12.1 Å². The van der Waals surface area contributed by atoms with Crippen LogP contribution in [0.4, 0.5) is 0 Å². The molecule has 0 spiro atoms. The molecular weight excluding hydrogens is 252 g/mol. The Kier molecular flexibility index (Phi) is 4.35. The maximum absolute atomic E-state index is 12.2. The van der Waals surface area contributed by atoms with Crippen LogP contribution in [0.15, 0.2) is 12.5 Å². The fourth-order valence-corrected chi connectivity index (χ4v) is 3.38. The SMILES string of the molecule is O=C(CCC1CCNC1)N1CCC(c2cnc[nH]2)CC1. The first-order valence-corrected chi connectivity index (χ1v) is 7.79. The number of rotatable bonds is 4. The first kappa shape index (κ1) is 13.6. The Morgan fingerprint density at radius 1 is 1.35 bits per heavy atom. The summed E-state index contributed by atoms with van der Waals surface area (Å²) >= 11 is 0. The molecule has 0 saturated carbocycles. The highest BCUT2D eigenvalue weighted by Crippen LogP contribution is 2.26. The lowest BCUT2D eigenvalue weighted by molar-refractivity contribution is -0.132. The molecule has 5 nitrogen and oxygen atoms in total. The van der Waals surface area contributed by atoms with Crippen LogP contribution < -0.4 is 5.32 Å². The van der Waals surface area contributed by atoms with E-state index in [0.29, 0.717) is 17.7 Å². The summed E-state index contributed by atoms with van der Waals surface area (Å²) in [5, 5.41) is 3.36. The molecule has 110 valence electrons. The van der Waals surface area contributed by atoms with Crippen molar-refractivity contribution in [3.63, 3.8) is 0 Å². The smallest absolute Gasteiger partial charge is 0.222 e. The Bertz CT molecular complexity index is 417. The average molecular weight is 276 g/mol. The molecule has 3 heterocycles. The van der Waals surface area contributed by atoms with Crippen LogP contribution in [0, 0.1) is 5.92 Å². The van der Waals surface area contributed by atoms with Crippen LogP contribution in [0.2, 0.25) is 0 Å². The maximum atomic E-state index is 12.2. The van der Waals surface area contributed by atoms with Crippen molar-refractivity contribution in [2.75, 3.05) is 26.2 Å². The van der Waals surface area contributed by atoms with Crippen LogP contribution in [0.25, 0.3) is 0 Å². The van der Waals surface area contributed by atoms with Crippen molar-refractivity contribution in [2.24, 2.45) is 5.92 Å². The molecule has 5 heteroatoms. The van der Waals surface area contributed by atoms with Gasteiger partial charge < -0.3 is 15.2 Å². The predicted octanol–water partition coefficient (Wildman–Crippen LogP) is 1.51. The summed E-state index contributed by atoms with van der Waals surface area (Å²) in [6.07, 6.45) is 8.76. The van der Waals surface area contributed by atoms with Gasteiger partial charge in [0.2, 0.25) is 5.91 Å². The highest BCUT2D eigenvalue weighted by atomic mass is 16.2. The summed E-state index contributed by atoms with van der Waals surface area (Å²) in [5.41, 5.74) is 1.22. The van der Waals surface area contributed by atoms with E-state index in [2.05, 4.69) is 20.2 Å². The predicted molar refractivity (Wildman–Crippen MR) is 77.4 cm³/mol. The molecule has 20 heavy (non-hydrogen) atoms. The zero-order valence-electron chi connectivity index (χ0n) is 12.0. The number of amides is 1. The largest absolute Gasteiger partial charge is 0.348 e. The molecular formula is C15H24N4O. The quantitative estimate of drug-likeness (QED) is 0.876. The first-order chi connectivity index (χ1) is 9.83. The van der Waals surface area contributed by atoms with Crippen LogP contribution in [0.1, 0.15) is 43.7 Å². The number of likely N-dealkylation sites (tertiary alicyclic amines) is 1. The summed E-state index contributed by atoms with van der Waals surface area (Å²) in [4.78, 5) is 21.6. The third kappa shape index (κ3) is 3.20. The molecule has 0 aromatic carbocycles. The molecule has 0 radical (unpaired) electrons. The highest BCUT2D eigenvalue weighted by Gasteiger charge is 2.25. The summed E-state index contributed by atoms with van der Waals surface area (Å²) < 4.78 is 0. The number of carbonyl (C=O) groups excluding carboxylic acids is 1. The number of piperidine rings is 1. The molecule has 1 unspecified atom stereocenters. The lowest BCUT2D eigenvalue weighted by Gasteiger charge is -2.31. The summed E-state index contributed by atoms with van der Waals surface area (Å²) in [5.74, 6) is 1.60. The number of hydrogen-bond acceptors (Lipinski definition) is 3.